The van der Waals surface area contributed by atoms with Crippen LogP contribution in [0.3, 0.4) is 0 Å². The van der Waals surface area contributed by atoms with E-state index in [-0.39, 0.29) is 51.2 Å². The Labute approximate surface area is 422 Å². The number of likely N-dealkylation sites (N-methyl/N-ethyl adjacent to an activating group) is 1. The van der Waals surface area contributed by atoms with Crippen molar-refractivity contribution in [2.75, 3.05) is 18.9 Å². The molecule has 3 atom stereocenters. The number of benzene rings is 8. The summed E-state index contributed by atoms with van der Waals surface area (Å²) in [6.07, 6.45) is 11.1. The molecule has 2 aliphatic rings. The van der Waals surface area contributed by atoms with Crippen LogP contribution in [0.1, 0.15) is 48.1 Å². The zero-order valence-electron chi connectivity index (χ0n) is 39.0. The highest BCUT2D eigenvalue weighted by Crippen LogP contribution is 2.47. The minimum Gasteiger partial charge on any atom is -1.00 e. The molecule has 0 aliphatic carbocycles. The Balaban J connectivity index is 0.000000201. The van der Waals surface area contributed by atoms with Gasteiger partial charge >= 0.3 is 5.97 Å². The molecular weight excluding hydrogens is 966 g/mol. The Morgan fingerprint density at radius 3 is 1.66 bits per heavy atom. The van der Waals surface area contributed by atoms with Gasteiger partial charge in [-0.05, 0) is 108 Å². The number of carbonyl (C=O) groups is 1. The second-order valence-corrected chi connectivity index (χ2v) is 18.2. The first kappa shape index (κ1) is 49.5. The van der Waals surface area contributed by atoms with Gasteiger partial charge in [-0.25, -0.2) is 0 Å². The lowest BCUT2D eigenvalue weighted by molar-refractivity contribution is -0.834. The van der Waals surface area contributed by atoms with E-state index in [1.165, 1.54) is 54.4 Å². The minimum atomic E-state index is -0.797. The van der Waals surface area contributed by atoms with Crippen LogP contribution in [0.5, 0.6) is 0 Å². The number of quaternary nitrogens is 1. The van der Waals surface area contributed by atoms with E-state index in [1.54, 1.807) is 5.56 Å². The summed E-state index contributed by atoms with van der Waals surface area (Å²) < 4.78 is 2.20. The van der Waals surface area contributed by atoms with Gasteiger partial charge in [-0.2, -0.15) is 4.58 Å². The maximum absolute atomic E-state index is 11.6. The molecule has 3 N–H and O–H groups in total. The van der Waals surface area contributed by atoms with Crippen LogP contribution in [0, 0.1) is 0 Å². The zero-order valence-corrected chi connectivity index (χ0v) is 42.1. The summed E-state index contributed by atoms with van der Waals surface area (Å²) in [6.45, 7) is 5.14. The average molecular weight is 1030 g/mol. The fourth-order valence-electron chi connectivity index (χ4n) is 10.9. The molecule has 0 bridgehead atoms. The van der Waals surface area contributed by atoms with E-state index in [0.717, 1.165) is 36.3 Å². The van der Waals surface area contributed by atoms with Gasteiger partial charge in [0.05, 0.1) is 23.9 Å². The molecule has 10 rings (SSSR count). The van der Waals surface area contributed by atoms with Crippen molar-refractivity contribution in [2.45, 2.75) is 56.4 Å². The fourth-order valence-corrected chi connectivity index (χ4v) is 10.9. The van der Waals surface area contributed by atoms with Crippen LogP contribution in [0.15, 0.2) is 219 Å². The molecule has 0 saturated carbocycles. The minimum absolute atomic E-state index is 0. The molecule has 7 heteroatoms. The molecular formula is C61H59Br2N3O2. The van der Waals surface area contributed by atoms with Gasteiger partial charge < -0.3 is 49.3 Å². The number of hydrogen-bond acceptors (Lipinski definition) is 2. The summed E-state index contributed by atoms with van der Waals surface area (Å²) in [5.74, 6) is -0.797. The summed E-state index contributed by atoms with van der Waals surface area (Å²) in [6, 6.07) is 69.5. The smallest absolute Gasteiger partial charge is 0.309 e. The van der Waals surface area contributed by atoms with Crippen LogP contribution in [0.2, 0.25) is 0 Å². The van der Waals surface area contributed by atoms with Gasteiger partial charge in [0.15, 0.2) is 12.3 Å². The van der Waals surface area contributed by atoms with E-state index in [4.69, 9.17) is 0 Å². The Kier molecular flexibility index (Phi) is 16.1. The fraction of sp³-hybridized carbons (Fsp3) is 0.180. The first-order chi connectivity index (χ1) is 32.2. The Bertz CT molecular complexity index is 3020. The van der Waals surface area contributed by atoms with E-state index in [0.29, 0.717) is 12.6 Å². The van der Waals surface area contributed by atoms with E-state index >= 15 is 0 Å². The molecule has 2 aliphatic heterocycles. The zero-order chi connectivity index (χ0) is 45.5. The maximum atomic E-state index is 11.6. The van der Waals surface area contributed by atoms with Crippen molar-refractivity contribution in [3.8, 4) is 0 Å². The first-order valence-corrected chi connectivity index (χ1v) is 23.3. The van der Waals surface area contributed by atoms with Crippen LogP contribution in [-0.4, -0.2) is 41.0 Å². The van der Waals surface area contributed by atoms with Gasteiger partial charge in [0.2, 0.25) is 5.69 Å². The van der Waals surface area contributed by atoms with Crippen molar-refractivity contribution >= 4 is 50.3 Å². The van der Waals surface area contributed by atoms with Crippen molar-refractivity contribution in [2.24, 2.45) is 0 Å². The lowest BCUT2D eigenvalue weighted by Gasteiger charge is -2.34. The molecule has 2 heterocycles. The molecule has 0 spiro atoms. The van der Waals surface area contributed by atoms with Crippen molar-refractivity contribution in [1.82, 2.24) is 0 Å². The number of para-hydroxylation sites is 1. The van der Waals surface area contributed by atoms with Crippen LogP contribution in [-0.2, 0) is 34.9 Å². The lowest BCUT2D eigenvalue weighted by atomic mass is 9.67. The normalized spacial score (nSPS) is 17.8. The van der Waals surface area contributed by atoms with Crippen LogP contribution in [0.25, 0.3) is 21.5 Å². The SMILES string of the molecule is CC1(Cc2ccccc2)C(/C=C/C=C/Nc2ccccc2)=[N+](CCC(=O)O)c2ccc3ccccc3c21.CC1[NH+](C)c2ccc3ccccc3c2C1(Cc1ccccc1)Cc1ccccc1.[Br-].[Br-]. The third-order valence-corrected chi connectivity index (χ3v) is 14.1. The molecule has 0 saturated heterocycles. The first-order valence-electron chi connectivity index (χ1n) is 23.3. The largest absolute Gasteiger partial charge is 1.00 e. The van der Waals surface area contributed by atoms with E-state index < -0.39 is 5.97 Å². The molecule has 3 unspecified atom stereocenters. The third kappa shape index (κ3) is 10.2. The van der Waals surface area contributed by atoms with Gasteiger partial charge in [-0.3, -0.25) is 4.79 Å². The summed E-state index contributed by atoms with van der Waals surface area (Å²) in [7, 11) is 2.34. The molecule has 0 fully saturated rings. The number of aliphatic carboxylic acids is 1. The lowest BCUT2D eigenvalue weighted by Crippen LogP contribution is -3.07. The highest BCUT2D eigenvalue weighted by atomic mass is 79.9. The van der Waals surface area contributed by atoms with Crippen molar-refractivity contribution in [3.63, 3.8) is 0 Å². The predicted molar refractivity (Wildman–Crippen MR) is 274 cm³/mol. The summed E-state index contributed by atoms with van der Waals surface area (Å²) in [5.41, 5.74) is 11.3. The second-order valence-electron chi connectivity index (χ2n) is 18.2. The number of rotatable bonds is 13. The highest BCUT2D eigenvalue weighted by Gasteiger charge is 2.53. The number of fused-ring (bicyclic) bond motifs is 6. The molecule has 0 aromatic heterocycles. The Hall–Kier alpha value is -6.38. The molecule has 344 valence electrons. The molecule has 68 heavy (non-hydrogen) atoms. The Morgan fingerprint density at radius 1 is 0.618 bits per heavy atom. The number of halogens is 2. The molecule has 8 aromatic carbocycles. The van der Waals surface area contributed by atoms with Crippen molar-refractivity contribution < 1.29 is 53.3 Å². The van der Waals surface area contributed by atoms with E-state index in [1.807, 2.05) is 54.8 Å². The van der Waals surface area contributed by atoms with Crippen LogP contribution >= 0.6 is 0 Å². The van der Waals surface area contributed by atoms with Gasteiger partial charge in [0.1, 0.15) is 12.1 Å². The number of nitrogens with zero attached hydrogens (tertiary/aromatic N) is 1. The van der Waals surface area contributed by atoms with Gasteiger partial charge in [0.25, 0.3) is 0 Å². The quantitative estimate of drug-likeness (QED) is 0.0952. The standard InChI is InChI=1S/C33H30N2O2.C28H27N.2BrH/c1-33(24-25-12-4-2-5-13-25)30(18-10-11-22-34-27-15-6-3-7-16-27)35(23-21-31(36)37)29-20-19-26-14-8-9-17-28(26)32(29)33;1-21-28(19-22-11-5-3-6-12-22,20-23-13-7-4-8-14-23)27-25-16-10-9-15-24(25)17-18-26(27)29(21)2;;/h2-20,22H,21,23-24H2,1H3,(H,36,37);3-18,21H,19-20H2,1-2H3;2*1H. The average Bonchev–Trinajstić information content (AvgIpc) is 3.71. The topological polar surface area (TPSA) is 56.8 Å². The third-order valence-electron chi connectivity index (χ3n) is 14.1. The number of carboxylic acids is 1. The summed E-state index contributed by atoms with van der Waals surface area (Å²) >= 11 is 0. The number of hydrogen-bond donors (Lipinski definition) is 3. The predicted octanol–water partition coefficient (Wildman–Crippen LogP) is 6.21. The van der Waals surface area contributed by atoms with E-state index in [9.17, 15) is 9.90 Å². The van der Waals surface area contributed by atoms with Crippen LogP contribution < -0.4 is 44.2 Å². The Morgan fingerprint density at radius 2 is 1.10 bits per heavy atom. The molecule has 8 aromatic rings. The number of nitrogens with one attached hydrogen (secondary N) is 2. The van der Waals surface area contributed by atoms with Gasteiger partial charge in [-0.1, -0.05) is 164 Å². The number of carboxylic acid groups (broad SMARTS) is 1. The van der Waals surface area contributed by atoms with Crippen molar-refractivity contribution in [3.05, 3.63) is 246 Å². The molecule has 0 radical (unpaired) electrons. The van der Waals surface area contributed by atoms with E-state index in [2.05, 4.69) is 195 Å². The highest BCUT2D eigenvalue weighted by molar-refractivity contribution is 6.08. The summed E-state index contributed by atoms with van der Waals surface area (Å²) in [5, 5.41) is 18.0. The number of anilines is 1. The molecule has 0 amide bonds. The number of allylic oxidation sites excluding steroid dienone is 3. The van der Waals surface area contributed by atoms with Crippen LogP contribution in [0.4, 0.5) is 17.1 Å². The monoisotopic (exact) mass is 1020 g/mol. The summed E-state index contributed by atoms with van der Waals surface area (Å²) in [4.78, 5) is 13.1. The second kappa shape index (κ2) is 22.2. The van der Waals surface area contributed by atoms with Gasteiger partial charge in [-0.15, -0.1) is 0 Å². The van der Waals surface area contributed by atoms with Gasteiger partial charge in [0, 0.05) is 35.2 Å². The molecule has 5 nitrogen and oxygen atoms in total. The maximum Gasteiger partial charge on any atom is 0.309 e. The van der Waals surface area contributed by atoms with Crippen molar-refractivity contribution in [1.29, 1.82) is 0 Å².